The van der Waals surface area contributed by atoms with Gasteiger partial charge in [-0.25, -0.2) is 9.63 Å². The van der Waals surface area contributed by atoms with E-state index >= 15 is 0 Å². The minimum absolute atomic E-state index is 0.114. The number of hydroxylamine groups is 2. The molecule has 0 amide bonds. The van der Waals surface area contributed by atoms with Crippen molar-refractivity contribution in [1.82, 2.24) is 5.23 Å². The Balaban J connectivity index is 1.66. The summed E-state index contributed by atoms with van der Waals surface area (Å²) in [5, 5.41) is 10.7. The van der Waals surface area contributed by atoms with Crippen molar-refractivity contribution >= 4 is 5.97 Å². The highest BCUT2D eigenvalue weighted by Gasteiger charge is 2.47. The summed E-state index contributed by atoms with van der Waals surface area (Å²) in [5.41, 5.74) is 0.501. The lowest BCUT2D eigenvalue weighted by Gasteiger charge is -2.37. The third-order valence-electron chi connectivity index (χ3n) is 4.38. The summed E-state index contributed by atoms with van der Waals surface area (Å²) < 4.78 is 11.4. The fourth-order valence-corrected chi connectivity index (χ4v) is 2.99. The number of hydrogen-bond acceptors (Lipinski definition) is 7. The average Bonchev–Trinajstić information content (AvgIpc) is 3.06. The van der Waals surface area contributed by atoms with E-state index in [4.69, 9.17) is 19.1 Å². The Morgan fingerprint density at radius 3 is 2.80 bits per heavy atom. The molecular weight excluding hydrogens is 326 g/mol. The maximum Gasteiger partial charge on any atom is 0.338 e. The molecule has 0 unspecified atom stereocenters. The first-order valence-electron chi connectivity index (χ1n) is 8.82. The van der Waals surface area contributed by atoms with Gasteiger partial charge in [-0.15, -0.1) is 0 Å². The number of unbranched alkanes of at least 4 members (excludes halogenated alkanes) is 1. The Morgan fingerprint density at radius 1 is 1.28 bits per heavy atom. The number of rotatable bonds is 7. The number of aliphatic hydroxyl groups is 1. The van der Waals surface area contributed by atoms with Crippen LogP contribution in [0, 0.1) is 0 Å². The normalized spacial score (nSPS) is 29.4. The lowest BCUT2D eigenvalue weighted by Crippen LogP contribution is -2.50. The first kappa shape index (κ1) is 18.3. The zero-order valence-corrected chi connectivity index (χ0v) is 14.4. The predicted octanol–water partition coefficient (Wildman–Crippen LogP) is 2.06. The summed E-state index contributed by atoms with van der Waals surface area (Å²) in [6, 6.07) is 8.62. The molecule has 2 aliphatic heterocycles. The van der Waals surface area contributed by atoms with E-state index in [2.05, 4.69) is 6.92 Å². The van der Waals surface area contributed by atoms with E-state index in [1.54, 1.807) is 24.3 Å². The number of carbonyl (C=O) groups is 1. The topological polar surface area (TPSA) is 77.5 Å². The van der Waals surface area contributed by atoms with Gasteiger partial charge in [0.1, 0.15) is 18.2 Å². The molecule has 7 heteroatoms. The highest BCUT2D eigenvalue weighted by Crippen LogP contribution is 2.33. The quantitative estimate of drug-likeness (QED) is 0.595. The number of ether oxygens (including phenoxy) is 2. The van der Waals surface area contributed by atoms with Crippen LogP contribution in [-0.2, 0) is 19.1 Å². The van der Waals surface area contributed by atoms with Crippen LogP contribution < -0.4 is 0 Å². The Morgan fingerprint density at radius 2 is 2.08 bits per heavy atom. The van der Waals surface area contributed by atoms with E-state index in [9.17, 15) is 9.90 Å². The van der Waals surface area contributed by atoms with Crippen LogP contribution in [0.3, 0.4) is 0 Å². The molecule has 1 aromatic rings. The van der Waals surface area contributed by atoms with Gasteiger partial charge < -0.3 is 14.6 Å². The zero-order valence-electron chi connectivity index (χ0n) is 14.4. The Kier molecular flexibility index (Phi) is 6.39. The van der Waals surface area contributed by atoms with Crippen LogP contribution in [0.25, 0.3) is 0 Å². The Labute approximate surface area is 147 Å². The molecule has 25 heavy (non-hydrogen) atoms. The second-order valence-electron chi connectivity index (χ2n) is 6.30. The van der Waals surface area contributed by atoms with Gasteiger partial charge in [0, 0.05) is 19.4 Å². The largest absolute Gasteiger partial charge is 0.457 e. The molecule has 1 aromatic carbocycles. The van der Waals surface area contributed by atoms with Crippen molar-refractivity contribution in [1.29, 1.82) is 0 Å². The summed E-state index contributed by atoms with van der Waals surface area (Å²) in [6.45, 7) is 2.54. The molecule has 1 N–H and O–H groups in total. The number of benzene rings is 1. The highest BCUT2D eigenvalue weighted by atomic mass is 17.0. The predicted molar refractivity (Wildman–Crippen MR) is 88.2 cm³/mol. The molecule has 0 saturated carbocycles. The third-order valence-corrected chi connectivity index (χ3v) is 4.38. The van der Waals surface area contributed by atoms with Gasteiger partial charge in [-0.1, -0.05) is 36.8 Å². The SMILES string of the molecule is CCCCO[C@@H]1C[C@H](OC(=O)c2ccccc2)[C@H]2C[C@H](CO)ON2O1. The molecule has 0 radical (unpaired) electrons. The molecule has 2 heterocycles. The minimum Gasteiger partial charge on any atom is -0.457 e. The Hall–Kier alpha value is -1.51. The lowest BCUT2D eigenvalue weighted by atomic mass is 10.0. The van der Waals surface area contributed by atoms with Crippen LogP contribution in [0.15, 0.2) is 30.3 Å². The summed E-state index contributed by atoms with van der Waals surface area (Å²) in [5.74, 6) is -0.382. The van der Waals surface area contributed by atoms with Crippen molar-refractivity contribution in [2.24, 2.45) is 0 Å². The number of aliphatic hydroxyl groups excluding tert-OH is 1. The molecule has 138 valence electrons. The Bertz CT molecular complexity index is 554. The molecule has 0 aromatic heterocycles. The molecule has 7 nitrogen and oxygen atoms in total. The van der Waals surface area contributed by atoms with Gasteiger partial charge in [-0.05, 0) is 18.6 Å². The summed E-state index contributed by atoms with van der Waals surface area (Å²) in [7, 11) is 0. The fourth-order valence-electron chi connectivity index (χ4n) is 2.99. The molecule has 0 bridgehead atoms. The van der Waals surface area contributed by atoms with Crippen LogP contribution in [0.4, 0.5) is 0 Å². The van der Waals surface area contributed by atoms with Crippen LogP contribution in [0.1, 0.15) is 43.0 Å². The second-order valence-corrected chi connectivity index (χ2v) is 6.30. The number of esters is 1. The van der Waals surface area contributed by atoms with E-state index in [0.29, 0.717) is 25.0 Å². The van der Waals surface area contributed by atoms with E-state index in [1.807, 2.05) is 6.07 Å². The summed E-state index contributed by atoms with van der Waals surface area (Å²) in [6.07, 6.45) is 1.60. The first-order chi connectivity index (χ1) is 12.2. The average molecular weight is 351 g/mol. The van der Waals surface area contributed by atoms with Crippen LogP contribution in [-0.4, -0.2) is 54.1 Å². The fraction of sp³-hybridized carbons (Fsp3) is 0.611. The number of nitrogens with zero attached hydrogens (tertiary/aromatic N) is 1. The molecular formula is C18H25NO6. The van der Waals surface area contributed by atoms with Gasteiger partial charge in [0.15, 0.2) is 6.29 Å². The van der Waals surface area contributed by atoms with Crippen molar-refractivity contribution in [2.45, 2.75) is 57.1 Å². The second kappa shape index (κ2) is 8.73. The standard InChI is InChI=1S/C18H25NO6/c1-2-3-9-22-17-11-16(15-10-14(12-20)24-19(15)25-17)23-18(21)13-7-5-4-6-8-13/h4-8,14-17,20H,2-3,9-12H2,1H3/t14-,15-,16+,17+/m1/s1. The van der Waals surface area contributed by atoms with Crippen molar-refractivity contribution in [3.63, 3.8) is 0 Å². The monoisotopic (exact) mass is 351 g/mol. The number of hydrogen-bond donors (Lipinski definition) is 1. The minimum atomic E-state index is -0.534. The molecule has 2 fully saturated rings. The van der Waals surface area contributed by atoms with Gasteiger partial charge in [-0.2, -0.15) is 0 Å². The third kappa shape index (κ3) is 4.56. The lowest BCUT2D eigenvalue weighted by molar-refractivity contribution is -0.445. The first-order valence-corrected chi connectivity index (χ1v) is 8.82. The van der Waals surface area contributed by atoms with E-state index < -0.39 is 12.4 Å². The van der Waals surface area contributed by atoms with Gasteiger partial charge >= 0.3 is 5.97 Å². The maximum absolute atomic E-state index is 12.4. The van der Waals surface area contributed by atoms with Crippen molar-refractivity contribution < 1.29 is 29.0 Å². The molecule has 0 spiro atoms. The molecule has 3 rings (SSSR count). The van der Waals surface area contributed by atoms with Gasteiger partial charge in [0.25, 0.3) is 0 Å². The zero-order chi connectivity index (χ0) is 17.6. The van der Waals surface area contributed by atoms with Gasteiger partial charge in [0.2, 0.25) is 0 Å². The maximum atomic E-state index is 12.4. The van der Waals surface area contributed by atoms with Crippen LogP contribution in [0.2, 0.25) is 0 Å². The van der Waals surface area contributed by atoms with E-state index in [-0.39, 0.29) is 24.7 Å². The summed E-state index contributed by atoms with van der Waals surface area (Å²) in [4.78, 5) is 23.7. The number of fused-ring (bicyclic) bond motifs is 1. The van der Waals surface area contributed by atoms with E-state index in [1.165, 1.54) is 5.23 Å². The van der Waals surface area contributed by atoms with E-state index in [0.717, 1.165) is 12.8 Å². The van der Waals surface area contributed by atoms with Crippen molar-refractivity contribution in [3.05, 3.63) is 35.9 Å². The molecule has 2 saturated heterocycles. The van der Waals surface area contributed by atoms with Crippen molar-refractivity contribution in [2.75, 3.05) is 13.2 Å². The molecule has 0 aliphatic carbocycles. The van der Waals surface area contributed by atoms with Crippen LogP contribution >= 0.6 is 0 Å². The van der Waals surface area contributed by atoms with Crippen LogP contribution in [0.5, 0.6) is 0 Å². The van der Waals surface area contributed by atoms with Gasteiger partial charge in [0.05, 0.1) is 12.2 Å². The number of carbonyl (C=O) groups excluding carboxylic acids is 1. The van der Waals surface area contributed by atoms with Crippen molar-refractivity contribution in [3.8, 4) is 0 Å². The molecule has 4 atom stereocenters. The summed E-state index contributed by atoms with van der Waals surface area (Å²) >= 11 is 0. The highest BCUT2D eigenvalue weighted by molar-refractivity contribution is 5.89. The molecule has 2 aliphatic rings. The van der Waals surface area contributed by atoms with Gasteiger partial charge in [-0.3, -0.25) is 4.84 Å². The smallest absolute Gasteiger partial charge is 0.338 e.